The van der Waals surface area contributed by atoms with Crippen LogP contribution in [-0.4, -0.2) is 47.6 Å². The van der Waals surface area contributed by atoms with E-state index in [1.807, 2.05) is 0 Å². The van der Waals surface area contributed by atoms with Gasteiger partial charge in [-0.05, 0) is 42.9 Å². The minimum absolute atomic E-state index is 0.257. The van der Waals surface area contributed by atoms with Crippen LogP contribution in [-0.2, 0) is 16.0 Å². The Labute approximate surface area is 173 Å². The van der Waals surface area contributed by atoms with Gasteiger partial charge in [-0.3, -0.25) is 9.59 Å². The van der Waals surface area contributed by atoms with Crippen LogP contribution in [0.15, 0.2) is 24.3 Å². The van der Waals surface area contributed by atoms with Crippen LogP contribution >= 0.6 is 11.6 Å². The molecule has 2 amide bonds. The second-order valence-corrected chi connectivity index (χ2v) is 8.25. The molecule has 0 spiro atoms. The molecule has 9 heteroatoms. The van der Waals surface area contributed by atoms with Crippen LogP contribution in [0.5, 0.6) is 0 Å². The van der Waals surface area contributed by atoms with Crippen molar-refractivity contribution in [2.24, 2.45) is 11.7 Å². The number of amides is 2. The van der Waals surface area contributed by atoms with E-state index < -0.39 is 42.5 Å². The van der Waals surface area contributed by atoms with Crippen molar-refractivity contribution in [3.05, 3.63) is 34.9 Å². The standard InChI is InChI=1S/C20H27ClF3N3O2/c1-12(2)16(11-20(22,23)24)26-18(28)17-7-4-8-27(17)19(29)15(25)10-13-5-3-6-14(21)9-13/h3,5-6,9,12,15-17H,4,7-8,10-11,25H2,1-2H3,(H,26,28)/t15?,16-,17?/m1/s1. The summed E-state index contributed by atoms with van der Waals surface area (Å²) in [5.41, 5.74) is 6.85. The van der Waals surface area contributed by atoms with Crippen molar-refractivity contribution in [3.8, 4) is 0 Å². The molecule has 1 aliphatic rings. The van der Waals surface area contributed by atoms with Crippen LogP contribution in [0.4, 0.5) is 13.2 Å². The van der Waals surface area contributed by atoms with Gasteiger partial charge in [0.2, 0.25) is 11.8 Å². The molecule has 1 aliphatic heterocycles. The van der Waals surface area contributed by atoms with Gasteiger partial charge in [0.15, 0.2) is 0 Å². The molecule has 0 bridgehead atoms. The van der Waals surface area contributed by atoms with Crippen LogP contribution in [0.3, 0.4) is 0 Å². The van der Waals surface area contributed by atoms with E-state index in [4.69, 9.17) is 17.3 Å². The molecule has 0 radical (unpaired) electrons. The summed E-state index contributed by atoms with van der Waals surface area (Å²) >= 11 is 5.95. The molecule has 1 aromatic carbocycles. The summed E-state index contributed by atoms with van der Waals surface area (Å²) in [6, 6.07) is 4.28. The van der Waals surface area contributed by atoms with Gasteiger partial charge < -0.3 is 16.0 Å². The van der Waals surface area contributed by atoms with E-state index in [-0.39, 0.29) is 12.3 Å². The van der Waals surface area contributed by atoms with Crippen LogP contribution in [0.1, 0.15) is 38.7 Å². The number of rotatable bonds is 7. The van der Waals surface area contributed by atoms with Gasteiger partial charge >= 0.3 is 6.18 Å². The van der Waals surface area contributed by atoms with Crippen molar-refractivity contribution in [1.82, 2.24) is 10.2 Å². The summed E-state index contributed by atoms with van der Waals surface area (Å²) in [5, 5.41) is 3.02. The maximum atomic E-state index is 12.8. The zero-order valence-corrected chi connectivity index (χ0v) is 17.3. The number of carbonyl (C=O) groups excluding carboxylic acids is 2. The first kappa shape index (κ1) is 23.5. The first-order valence-corrected chi connectivity index (χ1v) is 10.0. The molecule has 0 aliphatic carbocycles. The number of carbonyl (C=O) groups is 2. The fourth-order valence-electron chi connectivity index (χ4n) is 3.50. The summed E-state index contributed by atoms with van der Waals surface area (Å²) in [6.45, 7) is 3.59. The van der Waals surface area contributed by atoms with Gasteiger partial charge in [-0.15, -0.1) is 0 Å². The lowest BCUT2D eigenvalue weighted by Gasteiger charge is -2.30. The lowest BCUT2D eigenvalue weighted by Crippen LogP contribution is -2.54. The number of nitrogens with two attached hydrogens (primary N) is 1. The maximum Gasteiger partial charge on any atom is 0.391 e. The Balaban J connectivity index is 2.03. The molecule has 0 saturated carbocycles. The van der Waals surface area contributed by atoms with Crippen LogP contribution in [0.2, 0.25) is 5.02 Å². The van der Waals surface area contributed by atoms with Gasteiger partial charge in [-0.2, -0.15) is 13.2 Å². The molecule has 29 heavy (non-hydrogen) atoms. The van der Waals surface area contributed by atoms with Gasteiger partial charge in [0, 0.05) is 17.6 Å². The molecule has 3 N–H and O–H groups in total. The van der Waals surface area contributed by atoms with E-state index in [9.17, 15) is 22.8 Å². The molecule has 1 aromatic rings. The minimum Gasteiger partial charge on any atom is -0.351 e. The third kappa shape index (κ3) is 6.89. The number of nitrogens with one attached hydrogen (secondary N) is 1. The summed E-state index contributed by atoms with van der Waals surface area (Å²) in [4.78, 5) is 26.8. The van der Waals surface area contributed by atoms with Crippen LogP contribution in [0.25, 0.3) is 0 Å². The fraction of sp³-hybridized carbons (Fsp3) is 0.600. The monoisotopic (exact) mass is 433 g/mol. The number of hydrogen-bond donors (Lipinski definition) is 2. The number of hydrogen-bond acceptors (Lipinski definition) is 3. The summed E-state index contributed by atoms with van der Waals surface area (Å²) in [6.07, 6.45) is -4.23. The van der Waals surface area contributed by atoms with Gasteiger partial charge in [0.05, 0.1) is 12.5 Å². The highest BCUT2D eigenvalue weighted by atomic mass is 35.5. The lowest BCUT2D eigenvalue weighted by atomic mass is 9.99. The summed E-state index contributed by atoms with van der Waals surface area (Å²) in [7, 11) is 0. The predicted molar refractivity (Wildman–Crippen MR) is 105 cm³/mol. The molecule has 1 fully saturated rings. The molecule has 2 rings (SSSR count). The number of halogens is 4. The van der Waals surface area contributed by atoms with Crippen molar-refractivity contribution in [2.75, 3.05) is 6.54 Å². The quantitative estimate of drug-likeness (QED) is 0.692. The van der Waals surface area contributed by atoms with Gasteiger partial charge in [0.1, 0.15) is 6.04 Å². The fourth-order valence-corrected chi connectivity index (χ4v) is 3.72. The summed E-state index contributed by atoms with van der Waals surface area (Å²) in [5.74, 6) is -1.34. The summed E-state index contributed by atoms with van der Waals surface area (Å²) < 4.78 is 38.4. The molecule has 0 aromatic heterocycles. The predicted octanol–water partition coefficient (Wildman–Crippen LogP) is 3.29. The van der Waals surface area contributed by atoms with E-state index in [0.717, 1.165) is 5.56 Å². The van der Waals surface area contributed by atoms with Crippen molar-refractivity contribution in [1.29, 1.82) is 0 Å². The van der Waals surface area contributed by atoms with E-state index in [1.54, 1.807) is 38.1 Å². The second-order valence-electron chi connectivity index (χ2n) is 7.81. The first-order chi connectivity index (χ1) is 13.5. The smallest absolute Gasteiger partial charge is 0.351 e. The highest BCUT2D eigenvalue weighted by Gasteiger charge is 2.39. The Morgan fingerprint density at radius 2 is 2.03 bits per heavy atom. The highest BCUT2D eigenvalue weighted by Crippen LogP contribution is 2.26. The third-order valence-electron chi connectivity index (χ3n) is 5.08. The highest BCUT2D eigenvalue weighted by molar-refractivity contribution is 6.30. The van der Waals surface area contributed by atoms with Crippen LogP contribution < -0.4 is 11.1 Å². The van der Waals surface area contributed by atoms with E-state index in [0.29, 0.717) is 24.4 Å². The van der Waals surface area contributed by atoms with Gasteiger partial charge in [-0.1, -0.05) is 37.6 Å². The van der Waals surface area contributed by atoms with E-state index in [2.05, 4.69) is 5.32 Å². The second kappa shape index (κ2) is 9.80. The average Bonchev–Trinajstić information content (AvgIpc) is 3.09. The Bertz CT molecular complexity index is 727. The molecular formula is C20H27ClF3N3O2. The zero-order valence-electron chi connectivity index (χ0n) is 16.5. The van der Waals surface area contributed by atoms with E-state index in [1.165, 1.54) is 4.90 Å². The Morgan fingerprint density at radius 3 is 2.62 bits per heavy atom. The van der Waals surface area contributed by atoms with Crippen molar-refractivity contribution < 1.29 is 22.8 Å². The molecule has 5 nitrogen and oxygen atoms in total. The van der Waals surface area contributed by atoms with Crippen molar-refractivity contribution in [2.45, 2.75) is 63.8 Å². The molecule has 162 valence electrons. The Morgan fingerprint density at radius 1 is 1.34 bits per heavy atom. The first-order valence-electron chi connectivity index (χ1n) is 9.65. The lowest BCUT2D eigenvalue weighted by molar-refractivity contribution is -0.148. The Kier molecular flexibility index (Phi) is 7.94. The molecule has 1 heterocycles. The normalized spacial score (nSPS) is 19.3. The van der Waals surface area contributed by atoms with Gasteiger partial charge in [0.25, 0.3) is 0 Å². The molecule has 1 saturated heterocycles. The minimum atomic E-state index is -4.38. The average molecular weight is 434 g/mol. The number of nitrogens with zero attached hydrogens (tertiary/aromatic N) is 1. The largest absolute Gasteiger partial charge is 0.391 e. The maximum absolute atomic E-state index is 12.8. The molecule has 2 unspecified atom stereocenters. The number of alkyl halides is 3. The SMILES string of the molecule is CC(C)[C@@H](CC(F)(F)F)NC(=O)C1CCCN1C(=O)C(N)Cc1cccc(Cl)c1. The Hall–Kier alpha value is -1.80. The molecular weight excluding hydrogens is 407 g/mol. The number of likely N-dealkylation sites (tertiary alicyclic amines) is 1. The molecule has 3 atom stereocenters. The topological polar surface area (TPSA) is 75.4 Å². The van der Waals surface area contributed by atoms with Crippen molar-refractivity contribution >= 4 is 23.4 Å². The zero-order chi connectivity index (χ0) is 21.8. The van der Waals surface area contributed by atoms with Gasteiger partial charge in [-0.25, -0.2) is 0 Å². The van der Waals surface area contributed by atoms with Crippen LogP contribution in [0, 0.1) is 5.92 Å². The van der Waals surface area contributed by atoms with E-state index >= 15 is 0 Å². The number of benzene rings is 1. The van der Waals surface area contributed by atoms with Crippen molar-refractivity contribution in [3.63, 3.8) is 0 Å². The third-order valence-corrected chi connectivity index (χ3v) is 5.32.